The molecule has 2 N–H and O–H groups in total. The maximum Gasteiger partial charge on any atom is 0.0433 e. The smallest absolute Gasteiger partial charge is 0.0433 e. The minimum atomic E-state index is 0.208. The Hall–Kier alpha value is -0.0800. The molecule has 0 saturated heterocycles. The summed E-state index contributed by atoms with van der Waals surface area (Å²) in [6.45, 7) is 4.24. The van der Waals surface area contributed by atoms with E-state index in [1.807, 2.05) is 0 Å². The lowest BCUT2D eigenvalue weighted by atomic mass is 10.0. The van der Waals surface area contributed by atoms with Gasteiger partial charge in [0.05, 0.1) is 0 Å². The molecule has 0 spiro atoms. The maximum absolute atomic E-state index is 8.43. The molecule has 0 aromatic rings. The van der Waals surface area contributed by atoms with Crippen molar-refractivity contribution in [2.75, 3.05) is 13.2 Å². The number of hydrogen-bond donors (Lipinski definition) is 2. The topological polar surface area (TPSA) is 40.5 Å². The largest absolute Gasteiger partial charge is 0.396 e. The molecule has 0 bridgehead atoms. The molecule has 0 aliphatic heterocycles. The van der Waals surface area contributed by atoms with Crippen LogP contribution in [-0.4, -0.2) is 23.4 Å². The van der Waals surface area contributed by atoms with Crippen LogP contribution in [0.3, 0.4) is 0 Å². The van der Waals surface area contributed by atoms with E-state index in [0.29, 0.717) is 5.92 Å². The van der Waals surface area contributed by atoms with Gasteiger partial charge in [-0.1, -0.05) is 6.92 Å². The molecule has 0 heterocycles. The monoisotopic (exact) mass is 131 g/mol. The molecule has 0 aromatic carbocycles. The van der Waals surface area contributed by atoms with E-state index >= 15 is 0 Å². The van der Waals surface area contributed by atoms with E-state index in [0.717, 1.165) is 19.3 Å². The third kappa shape index (κ3) is 5.80. The van der Waals surface area contributed by atoms with Gasteiger partial charge in [0.2, 0.25) is 0 Å². The minimum absolute atomic E-state index is 0.208. The van der Waals surface area contributed by atoms with Gasteiger partial charge in [-0.2, -0.15) is 0 Å². The van der Waals surface area contributed by atoms with Crippen LogP contribution in [-0.2, 0) is 0 Å². The van der Waals surface area contributed by atoms with Crippen LogP contribution in [0.5, 0.6) is 0 Å². The lowest BCUT2D eigenvalue weighted by Crippen LogP contribution is -1.99. The van der Waals surface area contributed by atoms with Gasteiger partial charge in [-0.3, -0.25) is 0 Å². The average Bonchev–Trinajstić information content (AvgIpc) is 1.85. The Morgan fingerprint density at radius 1 is 1.11 bits per heavy atom. The van der Waals surface area contributed by atoms with E-state index < -0.39 is 0 Å². The Bertz CT molecular complexity index is 54.9. The molecular formula is C7H15O2. The molecule has 0 aliphatic rings. The van der Waals surface area contributed by atoms with Crippen molar-refractivity contribution in [1.82, 2.24) is 0 Å². The lowest BCUT2D eigenvalue weighted by Gasteiger charge is -2.06. The van der Waals surface area contributed by atoms with Crippen molar-refractivity contribution in [3.8, 4) is 0 Å². The normalized spacial score (nSPS) is 13.7. The second kappa shape index (κ2) is 6.05. The Morgan fingerprint density at radius 3 is 2.22 bits per heavy atom. The van der Waals surface area contributed by atoms with Gasteiger partial charge in [0.25, 0.3) is 0 Å². The molecule has 0 fully saturated rings. The highest BCUT2D eigenvalue weighted by Gasteiger charge is 1.98. The van der Waals surface area contributed by atoms with E-state index in [1.54, 1.807) is 0 Å². The summed E-state index contributed by atoms with van der Waals surface area (Å²) in [5.74, 6) is 0.308. The van der Waals surface area contributed by atoms with Gasteiger partial charge in [0.15, 0.2) is 0 Å². The summed E-state index contributed by atoms with van der Waals surface area (Å²) in [5.41, 5.74) is 0. The zero-order valence-electron chi connectivity index (χ0n) is 5.71. The highest BCUT2D eigenvalue weighted by molar-refractivity contribution is 4.59. The van der Waals surface area contributed by atoms with Gasteiger partial charge in [-0.25, -0.2) is 0 Å². The third-order valence-corrected chi connectivity index (χ3v) is 1.31. The van der Waals surface area contributed by atoms with Gasteiger partial charge >= 0.3 is 0 Å². The summed E-state index contributed by atoms with van der Waals surface area (Å²) >= 11 is 0. The van der Waals surface area contributed by atoms with Crippen LogP contribution in [0.15, 0.2) is 0 Å². The predicted molar refractivity (Wildman–Crippen MR) is 36.9 cm³/mol. The van der Waals surface area contributed by atoms with Crippen LogP contribution in [0.25, 0.3) is 0 Å². The quantitative estimate of drug-likeness (QED) is 0.573. The Morgan fingerprint density at radius 2 is 1.78 bits per heavy atom. The second-order valence-corrected chi connectivity index (χ2v) is 2.24. The second-order valence-electron chi connectivity index (χ2n) is 2.24. The van der Waals surface area contributed by atoms with Crippen molar-refractivity contribution in [2.45, 2.75) is 19.3 Å². The fourth-order valence-electron chi connectivity index (χ4n) is 0.707. The average molecular weight is 131 g/mol. The van der Waals surface area contributed by atoms with Crippen LogP contribution in [0, 0.1) is 12.8 Å². The van der Waals surface area contributed by atoms with Crippen molar-refractivity contribution in [2.24, 2.45) is 5.92 Å². The zero-order chi connectivity index (χ0) is 7.11. The zero-order valence-corrected chi connectivity index (χ0v) is 5.71. The SMILES string of the molecule is [CH2]C(CCO)CCCO. The maximum atomic E-state index is 8.43. The molecule has 0 aromatic heterocycles. The van der Waals surface area contributed by atoms with Crippen LogP contribution in [0.1, 0.15) is 19.3 Å². The highest BCUT2D eigenvalue weighted by atomic mass is 16.3. The van der Waals surface area contributed by atoms with E-state index in [-0.39, 0.29) is 13.2 Å². The van der Waals surface area contributed by atoms with Crippen molar-refractivity contribution < 1.29 is 10.2 Å². The van der Waals surface area contributed by atoms with Gasteiger partial charge < -0.3 is 10.2 Å². The van der Waals surface area contributed by atoms with Crippen LogP contribution >= 0.6 is 0 Å². The summed E-state index contributed by atoms with van der Waals surface area (Å²) < 4.78 is 0. The summed E-state index contributed by atoms with van der Waals surface area (Å²) in [4.78, 5) is 0. The van der Waals surface area contributed by atoms with Gasteiger partial charge in [-0.15, -0.1) is 0 Å². The molecule has 1 unspecified atom stereocenters. The summed E-state index contributed by atoms with van der Waals surface area (Å²) in [6, 6.07) is 0. The molecule has 9 heavy (non-hydrogen) atoms. The van der Waals surface area contributed by atoms with Gasteiger partial charge in [0.1, 0.15) is 0 Å². The lowest BCUT2D eigenvalue weighted by molar-refractivity contribution is 0.247. The van der Waals surface area contributed by atoms with Crippen molar-refractivity contribution in [3.63, 3.8) is 0 Å². The summed E-state index contributed by atoms with van der Waals surface area (Å²) in [6.07, 6.45) is 2.46. The molecular weight excluding hydrogens is 116 g/mol. The van der Waals surface area contributed by atoms with Crippen molar-refractivity contribution >= 4 is 0 Å². The van der Waals surface area contributed by atoms with Gasteiger partial charge in [0, 0.05) is 13.2 Å². The van der Waals surface area contributed by atoms with E-state index in [2.05, 4.69) is 6.92 Å². The van der Waals surface area contributed by atoms with Crippen molar-refractivity contribution in [3.05, 3.63) is 6.92 Å². The highest BCUT2D eigenvalue weighted by Crippen LogP contribution is 2.07. The van der Waals surface area contributed by atoms with E-state index in [4.69, 9.17) is 10.2 Å². The Labute approximate surface area is 56.5 Å². The summed E-state index contributed by atoms with van der Waals surface area (Å²) in [5, 5.41) is 16.8. The molecule has 2 heteroatoms. The fraction of sp³-hybridized carbons (Fsp3) is 0.857. The Kier molecular flexibility index (Phi) is 5.99. The molecule has 0 rings (SSSR count). The first-order valence-electron chi connectivity index (χ1n) is 3.36. The molecule has 0 amide bonds. The first-order chi connectivity index (χ1) is 4.31. The number of aliphatic hydroxyl groups is 2. The van der Waals surface area contributed by atoms with E-state index in [1.165, 1.54) is 0 Å². The van der Waals surface area contributed by atoms with E-state index in [9.17, 15) is 0 Å². The van der Waals surface area contributed by atoms with Crippen LogP contribution in [0.4, 0.5) is 0 Å². The number of aliphatic hydroxyl groups excluding tert-OH is 2. The number of hydrogen-bond acceptors (Lipinski definition) is 2. The molecule has 1 atom stereocenters. The first kappa shape index (κ1) is 8.92. The standard InChI is InChI=1S/C7H15O2/c1-7(4-6-9)3-2-5-8/h7-9H,1-6H2. The molecule has 2 nitrogen and oxygen atoms in total. The molecule has 0 aliphatic carbocycles. The van der Waals surface area contributed by atoms with Crippen LogP contribution in [0.2, 0.25) is 0 Å². The first-order valence-corrected chi connectivity index (χ1v) is 3.36. The number of rotatable bonds is 5. The Balaban J connectivity index is 2.95. The molecule has 1 radical (unpaired) electrons. The third-order valence-electron chi connectivity index (χ3n) is 1.31. The van der Waals surface area contributed by atoms with Crippen molar-refractivity contribution in [1.29, 1.82) is 0 Å². The summed E-state index contributed by atoms with van der Waals surface area (Å²) in [7, 11) is 0. The van der Waals surface area contributed by atoms with Gasteiger partial charge in [-0.05, 0) is 25.2 Å². The van der Waals surface area contributed by atoms with Crippen LogP contribution < -0.4 is 0 Å². The molecule has 0 saturated carbocycles. The predicted octanol–water partition coefficient (Wildman–Crippen LogP) is 0.592. The minimum Gasteiger partial charge on any atom is -0.396 e. The fourth-order valence-corrected chi connectivity index (χ4v) is 0.707. The molecule has 55 valence electrons.